The molecule has 0 aromatic carbocycles. The fourth-order valence-corrected chi connectivity index (χ4v) is 0.786. The van der Waals surface area contributed by atoms with Gasteiger partial charge >= 0.3 is 0 Å². The average molecular weight is 148 g/mol. The van der Waals surface area contributed by atoms with Gasteiger partial charge in [-0.3, -0.25) is 0 Å². The predicted molar refractivity (Wildman–Crippen MR) is 32.5 cm³/mol. The van der Waals surface area contributed by atoms with Crippen molar-refractivity contribution in [2.24, 2.45) is 0 Å². The van der Waals surface area contributed by atoms with E-state index in [9.17, 15) is 0 Å². The highest BCUT2D eigenvalue weighted by atomic mass is 17.7. The second-order valence-electron chi connectivity index (χ2n) is 2.28. The van der Waals surface area contributed by atoms with Gasteiger partial charge in [-0.25, -0.2) is 4.89 Å². The Morgan fingerprint density at radius 1 is 1.40 bits per heavy atom. The summed E-state index contributed by atoms with van der Waals surface area (Å²) in [5.74, 6) is 0. The third-order valence-corrected chi connectivity index (χ3v) is 1.38. The molecule has 0 spiro atoms. The van der Waals surface area contributed by atoms with Gasteiger partial charge in [0.25, 0.3) is 0 Å². The molecular weight excluding hydrogens is 136 g/mol. The van der Waals surface area contributed by atoms with Crippen LogP contribution >= 0.6 is 0 Å². The van der Waals surface area contributed by atoms with E-state index in [1.54, 1.807) is 0 Å². The lowest BCUT2D eigenvalue weighted by atomic mass is 10.2. The van der Waals surface area contributed by atoms with E-state index in [1.165, 1.54) is 0 Å². The Morgan fingerprint density at radius 2 is 2.30 bits per heavy atom. The molecule has 0 N–H and O–H groups in total. The molecule has 1 aliphatic heterocycles. The van der Waals surface area contributed by atoms with Crippen molar-refractivity contribution in [2.75, 3.05) is 6.61 Å². The first-order valence-electron chi connectivity index (χ1n) is 3.55. The molecule has 0 aromatic heterocycles. The van der Waals surface area contributed by atoms with Crippen LogP contribution in [0.4, 0.5) is 0 Å². The van der Waals surface area contributed by atoms with Crippen molar-refractivity contribution in [3.63, 3.8) is 0 Å². The SMILES string of the molecule is CCCCC1COOOO1. The second kappa shape index (κ2) is 4.62. The van der Waals surface area contributed by atoms with Crippen molar-refractivity contribution in [1.29, 1.82) is 0 Å². The first-order valence-corrected chi connectivity index (χ1v) is 3.55. The van der Waals surface area contributed by atoms with Gasteiger partial charge in [-0.1, -0.05) is 19.8 Å². The molecule has 0 amide bonds. The molecule has 0 bridgehead atoms. The van der Waals surface area contributed by atoms with Crippen molar-refractivity contribution in [1.82, 2.24) is 0 Å². The van der Waals surface area contributed by atoms with Gasteiger partial charge in [-0.05, 0) is 16.5 Å². The molecule has 60 valence electrons. The van der Waals surface area contributed by atoms with Gasteiger partial charge in [0.05, 0.1) is 0 Å². The summed E-state index contributed by atoms with van der Waals surface area (Å²) in [5.41, 5.74) is 0. The smallest absolute Gasteiger partial charge is 0.123 e. The zero-order valence-electron chi connectivity index (χ0n) is 6.04. The van der Waals surface area contributed by atoms with E-state index in [-0.39, 0.29) is 6.10 Å². The van der Waals surface area contributed by atoms with E-state index < -0.39 is 0 Å². The maximum absolute atomic E-state index is 4.73. The highest BCUT2D eigenvalue weighted by Gasteiger charge is 2.16. The maximum Gasteiger partial charge on any atom is 0.123 e. The Morgan fingerprint density at radius 3 is 2.90 bits per heavy atom. The van der Waals surface area contributed by atoms with E-state index in [0.29, 0.717) is 6.61 Å². The minimum Gasteiger partial charge on any atom is -0.201 e. The normalized spacial score (nSPS) is 26.7. The third-order valence-electron chi connectivity index (χ3n) is 1.38. The Hall–Kier alpha value is -0.160. The lowest BCUT2D eigenvalue weighted by Gasteiger charge is -2.17. The molecule has 1 unspecified atom stereocenters. The predicted octanol–water partition coefficient (Wildman–Crippen LogP) is 1.37. The van der Waals surface area contributed by atoms with Crippen molar-refractivity contribution < 1.29 is 19.9 Å². The van der Waals surface area contributed by atoms with Gasteiger partial charge in [0.2, 0.25) is 0 Å². The van der Waals surface area contributed by atoms with Crippen LogP contribution in [-0.2, 0) is 19.9 Å². The number of rotatable bonds is 3. The summed E-state index contributed by atoms with van der Waals surface area (Å²) in [4.78, 5) is 9.26. The van der Waals surface area contributed by atoms with Crippen LogP contribution < -0.4 is 0 Å². The summed E-state index contributed by atoms with van der Waals surface area (Å²) < 4.78 is 0. The first kappa shape index (κ1) is 7.94. The van der Waals surface area contributed by atoms with Gasteiger partial charge < -0.3 is 0 Å². The van der Waals surface area contributed by atoms with Crippen molar-refractivity contribution in [3.05, 3.63) is 0 Å². The van der Waals surface area contributed by atoms with Crippen LogP contribution in [0.5, 0.6) is 0 Å². The maximum atomic E-state index is 4.73. The molecule has 0 aliphatic carbocycles. The molecule has 1 heterocycles. The highest BCUT2D eigenvalue weighted by Crippen LogP contribution is 2.10. The van der Waals surface area contributed by atoms with Crippen molar-refractivity contribution in [2.45, 2.75) is 32.3 Å². The van der Waals surface area contributed by atoms with Gasteiger partial charge in [-0.15, -0.1) is 0 Å². The zero-order valence-corrected chi connectivity index (χ0v) is 6.04. The Labute approximate surface area is 59.8 Å². The first-order chi connectivity index (χ1) is 4.93. The van der Waals surface area contributed by atoms with Gasteiger partial charge in [0.15, 0.2) is 0 Å². The summed E-state index contributed by atoms with van der Waals surface area (Å²) in [6, 6.07) is 0. The minimum atomic E-state index is 0.0358. The molecule has 1 rings (SSSR count). The van der Waals surface area contributed by atoms with E-state index >= 15 is 0 Å². The molecule has 4 heteroatoms. The molecule has 1 fully saturated rings. The monoisotopic (exact) mass is 148 g/mol. The molecular formula is C6H12O4. The molecule has 0 saturated carbocycles. The van der Waals surface area contributed by atoms with Crippen molar-refractivity contribution >= 4 is 0 Å². The molecule has 1 aliphatic rings. The summed E-state index contributed by atoms with van der Waals surface area (Å²) in [5, 5.41) is 8.21. The Kier molecular flexibility index (Phi) is 3.67. The number of hydrogen-bond donors (Lipinski definition) is 0. The summed E-state index contributed by atoms with van der Waals surface area (Å²) in [6.45, 7) is 2.58. The van der Waals surface area contributed by atoms with E-state index in [0.717, 1.165) is 19.3 Å². The van der Waals surface area contributed by atoms with Crippen LogP contribution in [0.3, 0.4) is 0 Å². The number of hydrogen-bond acceptors (Lipinski definition) is 4. The fraction of sp³-hybridized carbons (Fsp3) is 1.00. The quantitative estimate of drug-likeness (QED) is 0.566. The largest absolute Gasteiger partial charge is 0.201 e. The summed E-state index contributed by atoms with van der Waals surface area (Å²) >= 11 is 0. The third kappa shape index (κ3) is 2.62. The van der Waals surface area contributed by atoms with Crippen LogP contribution in [0.2, 0.25) is 0 Å². The molecule has 1 atom stereocenters. The van der Waals surface area contributed by atoms with Crippen LogP contribution in [0.25, 0.3) is 0 Å². The van der Waals surface area contributed by atoms with Crippen LogP contribution in [0, 0.1) is 0 Å². The summed E-state index contributed by atoms with van der Waals surface area (Å²) in [6.07, 6.45) is 3.27. The summed E-state index contributed by atoms with van der Waals surface area (Å²) in [7, 11) is 0. The number of unbranched alkanes of at least 4 members (excludes halogenated alkanes) is 1. The van der Waals surface area contributed by atoms with Gasteiger partial charge in [0.1, 0.15) is 12.7 Å². The minimum absolute atomic E-state index is 0.0358. The average Bonchev–Trinajstić information content (AvgIpc) is 2.03. The topological polar surface area (TPSA) is 36.9 Å². The zero-order chi connectivity index (χ0) is 7.23. The molecule has 10 heavy (non-hydrogen) atoms. The van der Waals surface area contributed by atoms with E-state index in [1.807, 2.05) is 0 Å². The fourth-order valence-electron chi connectivity index (χ4n) is 0.786. The Balaban J connectivity index is 2.02. The highest BCUT2D eigenvalue weighted by molar-refractivity contribution is 4.53. The molecule has 4 nitrogen and oxygen atoms in total. The van der Waals surface area contributed by atoms with Crippen molar-refractivity contribution in [3.8, 4) is 0 Å². The molecule has 0 aromatic rings. The standard InChI is InChI=1S/C6H12O4/c1-2-3-4-6-5-7-9-10-8-6/h6H,2-5H2,1H3. The lowest BCUT2D eigenvalue weighted by Crippen LogP contribution is -2.25. The van der Waals surface area contributed by atoms with E-state index in [2.05, 4.69) is 21.9 Å². The van der Waals surface area contributed by atoms with Gasteiger partial charge in [0, 0.05) is 0 Å². The molecule has 0 radical (unpaired) electrons. The second-order valence-corrected chi connectivity index (χ2v) is 2.28. The van der Waals surface area contributed by atoms with Crippen LogP contribution in [-0.4, -0.2) is 12.7 Å². The van der Waals surface area contributed by atoms with Crippen LogP contribution in [0.1, 0.15) is 26.2 Å². The lowest BCUT2D eigenvalue weighted by molar-refractivity contribution is -0.676. The molecule has 1 saturated heterocycles. The van der Waals surface area contributed by atoms with Crippen LogP contribution in [0.15, 0.2) is 0 Å². The van der Waals surface area contributed by atoms with Gasteiger partial charge in [-0.2, -0.15) is 4.89 Å². The Bertz CT molecular complexity index is 79.8. The van der Waals surface area contributed by atoms with E-state index in [4.69, 9.17) is 4.89 Å².